The van der Waals surface area contributed by atoms with Gasteiger partial charge in [0, 0.05) is 6.54 Å². The van der Waals surface area contributed by atoms with Gasteiger partial charge in [-0.15, -0.1) is 10.2 Å². The largest absolute Gasteiger partial charge is 0.377 e. The molecule has 1 saturated heterocycles. The molecule has 94 valence electrons. The van der Waals surface area contributed by atoms with Crippen LogP contribution in [-0.2, 0) is 4.74 Å². The molecule has 1 atom stereocenters. The molecule has 1 fully saturated rings. The molecule has 1 unspecified atom stereocenters. The van der Waals surface area contributed by atoms with Crippen molar-refractivity contribution in [1.82, 2.24) is 10.2 Å². The van der Waals surface area contributed by atoms with E-state index in [1.165, 1.54) is 0 Å². The fourth-order valence-electron chi connectivity index (χ4n) is 2.11. The van der Waals surface area contributed by atoms with Crippen LogP contribution in [0.5, 0.6) is 0 Å². The highest BCUT2D eigenvalue weighted by Crippen LogP contribution is 2.26. The molecule has 0 saturated carbocycles. The number of aromatic nitrogens is 2. The summed E-state index contributed by atoms with van der Waals surface area (Å²) in [4.78, 5) is 2.29. The highest BCUT2D eigenvalue weighted by molar-refractivity contribution is 6.30. The minimum atomic E-state index is 0.386. The van der Waals surface area contributed by atoms with Crippen molar-refractivity contribution in [1.29, 1.82) is 0 Å². The smallest absolute Gasteiger partial charge is 0.155 e. The summed E-state index contributed by atoms with van der Waals surface area (Å²) in [5, 5.41) is 8.76. The third kappa shape index (κ3) is 2.38. The van der Waals surface area contributed by atoms with Gasteiger partial charge in [0.2, 0.25) is 0 Å². The van der Waals surface area contributed by atoms with Gasteiger partial charge in [0.25, 0.3) is 0 Å². The van der Waals surface area contributed by atoms with Crippen LogP contribution in [0.1, 0.15) is 24.5 Å². The molecule has 1 aromatic heterocycles. The SMILES string of the molecule is CCC1COCCN1c1nnc(Cl)c(C)c1C. The molecule has 4 nitrogen and oxygen atoms in total. The first kappa shape index (κ1) is 12.6. The number of hydrogen-bond acceptors (Lipinski definition) is 4. The summed E-state index contributed by atoms with van der Waals surface area (Å²) in [6.07, 6.45) is 1.04. The second-order valence-corrected chi connectivity index (χ2v) is 4.75. The zero-order chi connectivity index (χ0) is 12.4. The molecule has 1 aliphatic rings. The number of rotatable bonds is 2. The molecular formula is C12H18ClN3O. The van der Waals surface area contributed by atoms with Gasteiger partial charge in [-0.05, 0) is 31.4 Å². The molecule has 5 heteroatoms. The van der Waals surface area contributed by atoms with Gasteiger partial charge >= 0.3 is 0 Å². The van der Waals surface area contributed by atoms with Crippen LogP contribution >= 0.6 is 11.6 Å². The Balaban J connectivity index is 2.35. The Kier molecular flexibility index (Phi) is 3.84. The average Bonchev–Trinajstić information content (AvgIpc) is 2.36. The molecule has 2 heterocycles. The third-order valence-corrected chi connectivity index (χ3v) is 3.77. The number of hydrogen-bond donors (Lipinski definition) is 0. The number of morpholine rings is 1. The molecule has 0 aromatic carbocycles. The maximum absolute atomic E-state index is 5.98. The monoisotopic (exact) mass is 255 g/mol. The summed E-state index contributed by atoms with van der Waals surface area (Å²) >= 11 is 5.98. The molecule has 0 spiro atoms. The second-order valence-electron chi connectivity index (χ2n) is 4.39. The predicted octanol–water partition coefficient (Wildman–Crippen LogP) is 2.36. The summed E-state index contributed by atoms with van der Waals surface area (Å²) in [5.41, 5.74) is 2.13. The Morgan fingerprint density at radius 1 is 1.35 bits per heavy atom. The Morgan fingerprint density at radius 2 is 2.12 bits per heavy atom. The van der Waals surface area contributed by atoms with E-state index < -0.39 is 0 Å². The van der Waals surface area contributed by atoms with Crippen LogP contribution in [0.25, 0.3) is 0 Å². The van der Waals surface area contributed by atoms with Crippen LogP contribution in [0.2, 0.25) is 5.15 Å². The highest BCUT2D eigenvalue weighted by Gasteiger charge is 2.25. The fourth-order valence-corrected chi connectivity index (χ4v) is 2.29. The first-order valence-electron chi connectivity index (χ1n) is 5.99. The van der Waals surface area contributed by atoms with Crippen LogP contribution in [0.3, 0.4) is 0 Å². The fraction of sp³-hybridized carbons (Fsp3) is 0.667. The predicted molar refractivity (Wildman–Crippen MR) is 68.8 cm³/mol. The van der Waals surface area contributed by atoms with E-state index in [0.717, 1.165) is 43.1 Å². The second kappa shape index (κ2) is 5.19. The number of anilines is 1. The van der Waals surface area contributed by atoms with Crippen molar-refractivity contribution in [2.45, 2.75) is 33.2 Å². The first-order chi connectivity index (χ1) is 8.15. The van der Waals surface area contributed by atoms with E-state index in [4.69, 9.17) is 16.3 Å². The third-order valence-electron chi connectivity index (χ3n) is 3.41. The molecule has 1 aliphatic heterocycles. The molecule has 2 rings (SSSR count). The molecule has 0 radical (unpaired) electrons. The lowest BCUT2D eigenvalue weighted by Gasteiger charge is -2.36. The summed E-state index contributed by atoms with van der Waals surface area (Å²) in [5.74, 6) is 0.946. The maximum atomic E-state index is 5.98. The molecule has 0 bridgehead atoms. The molecule has 0 aliphatic carbocycles. The van der Waals surface area contributed by atoms with Crippen molar-refractivity contribution in [2.75, 3.05) is 24.7 Å². The van der Waals surface area contributed by atoms with Crippen LogP contribution in [0.4, 0.5) is 5.82 Å². The van der Waals surface area contributed by atoms with Crippen LogP contribution in [-0.4, -0.2) is 36.0 Å². The summed E-state index contributed by atoms with van der Waals surface area (Å²) in [7, 11) is 0. The van der Waals surface area contributed by atoms with Crippen molar-refractivity contribution in [3.05, 3.63) is 16.3 Å². The van der Waals surface area contributed by atoms with E-state index >= 15 is 0 Å². The lowest BCUT2D eigenvalue weighted by atomic mass is 10.1. The zero-order valence-corrected chi connectivity index (χ0v) is 11.3. The molecule has 0 amide bonds. The van der Waals surface area contributed by atoms with Gasteiger partial charge in [-0.25, -0.2) is 0 Å². The van der Waals surface area contributed by atoms with Crippen molar-refractivity contribution in [3.8, 4) is 0 Å². The summed E-state index contributed by atoms with van der Waals surface area (Å²) in [6, 6.07) is 0.386. The van der Waals surface area contributed by atoms with Crippen molar-refractivity contribution < 1.29 is 4.74 Å². The molecular weight excluding hydrogens is 238 g/mol. The van der Waals surface area contributed by atoms with Crippen LogP contribution in [0, 0.1) is 13.8 Å². The van der Waals surface area contributed by atoms with E-state index in [9.17, 15) is 0 Å². The van der Waals surface area contributed by atoms with Gasteiger partial charge in [-0.2, -0.15) is 0 Å². The average molecular weight is 256 g/mol. The van der Waals surface area contributed by atoms with Crippen LogP contribution in [0.15, 0.2) is 0 Å². The van der Waals surface area contributed by atoms with Crippen LogP contribution < -0.4 is 4.90 Å². The van der Waals surface area contributed by atoms with E-state index in [2.05, 4.69) is 22.0 Å². The van der Waals surface area contributed by atoms with Crippen molar-refractivity contribution >= 4 is 17.4 Å². The number of halogens is 1. The Labute approximate surface area is 107 Å². The van der Waals surface area contributed by atoms with E-state index in [0.29, 0.717) is 11.2 Å². The van der Waals surface area contributed by atoms with Crippen molar-refractivity contribution in [3.63, 3.8) is 0 Å². The Hall–Kier alpha value is -0.870. The van der Waals surface area contributed by atoms with E-state index in [1.54, 1.807) is 0 Å². The first-order valence-corrected chi connectivity index (χ1v) is 6.36. The van der Waals surface area contributed by atoms with Gasteiger partial charge in [-0.3, -0.25) is 0 Å². The van der Waals surface area contributed by atoms with Gasteiger partial charge < -0.3 is 9.64 Å². The number of ether oxygens (including phenoxy) is 1. The van der Waals surface area contributed by atoms with Crippen molar-refractivity contribution in [2.24, 2.45) is 0 Å². The highest BCUT2D eigenvalue weighted by atomic mass is 35.5. The molecule has 0 N–H and O–H groups in total. The van der Waals surface area contributed by atoms with Gasteiger partial charge in [0.1, 0.15) is 0 Å². The Bertz CT molecular complexity index is 411. The van der Waals surface area contributed by atoms with E-state index in [-0.39, 0.29) is 0 Å². The van der Waals surface area contributed by atoms with E-state index in [1.807, 2.05) is 13.8 Å². The number of nitrogens with zero attached hydrogens (tertiary/aromatic N) is 3. The van der Waals surface area contributed by atoms with Gasteiger partial charge in [0.15, 0.2) is 11.0 Å². The standard InChI is InChI=1S/C12H18ClN3O/c1-4-10-7-17-6-5-16(10)12-9(3)8(2)11(13)14-15-12/h10H,4-7H2,1-3H3. The zero-order valence-electron chi connectivity index (χ0n) is 10.5. The summed E-state index contributed by atoms with van der Waals surface area (Å²) < 4.78 is 5.50. The lowest BCUT2D eigenvalue weighted by molar-refractivity contribution is 0.0924. The van der Waals surface area contributed by atoms with Gasteiger partial charge in [0.05, 0.1) is 19.3 Å². The minimum Gasteiger partial charge on any atom is -0.377 e. The minimum absolute atomic E-state index is 0.386. The van der Waals surface area contributed by atoms with Gasteiger partial charge in [-0.1, -0.05) is 18.5 Å². The lowest BCUT2D eigenvalue weighted by Crippen LogP contribution is -2.46. The summed E-state index contributed by atoms with van der Waals surface area (Å²) in [6.45, 7) is 8.58. The maximum Gasteiger partial charge on any atom is 0.155 e. The normalized spacial score (nSPS) is 20.7. The topological polar surface area (TPSA) is 38.2 Å². The Morgan fingerprint density at radius 3 is 2.82 bits per heavy atom. The molecule has 17 heavy (non-hydrogen) atoms. The molecule has 1 aromatic rings. The quantitative estimate of drug-likeness (QED) is 0.813.